The van der Waals surface area contributed by atoms with Crippen molar-refractivity contribution in [1.29, 1.82) is 0 Å². The Hall–Kier alpha value is -2.05. The van der Waals surface area contributed by atoms with Crippen LogP contribution in [-0.4, -0.2) is 23.7 Å². The maximum absolute atomic E-state index is 11.5. The third kappa shape index (κ3) is 7.37. The van der Waals surface area contributed by atoms with E-state index in [0.29, 0.717) is 43.6 Å². The molecule has 6 heteroatoms. The van der Waals surface area contributed by atoms with Crippen molar-refractivity contribution in [3.63, 3.8) is 0 Å². The van der Waals surface area contributed by atoms with Crippen molar-refractivity contribution in [2.45, 2.75) is 53.3 Å². The summed E-state index contributed by atoms with van der Waals surface area (Å²) in [5.74, 6) is 0.753. The van der Waals surface area contributed by atoms with Crippen LogP contribution in [0.25, 0.3) is 0 Å². The number of carboxylic acids is 1. The standard InChI is InChI=1S/C23H30BrNO4/c1-5-28-21-12-18(13-25-20(23(26)27)9-15(2)3)11-19(24)22(21)29-14-17-8-6-7-16(4)10-17/h6-8,10-12,15,20,25H,5,9,13-14H2,1-4H3,(H,26,27). The molecule has 2 rings (SSSR count). The van der Waals surface area contributed by atoms with Crippen LogP contribution in [0.1, 0.15) is 43.9 Å². The van der Waals surface area contributed by atoms with Crippen molar-refractivity contribution in [3.05, 3.63) is 57.6 Å². The third-order valence-electron chi connectivity index (χ3n) is 4.39. The summed E-state index contributed by atoms with van der Waals surface area (Å²) in [6.45, 7) is 9.38. The summed E-state index contributed by atoms with van der Waals surface area (Å²) in [6.07, 6.45) is 0.576. The molecule has 5 nitrogen and oxygen atoms in total. The predicted molar refractivity (Wildman–Crippen MR) is 119 cm³/mol. The maximum atomic E-state index is 11.5. The second kappa shape index (κ2) is 11.2. The summed E-state index contributed by atoms with van der Waals surface area (Å²) < 4.78 is 12.6. The number of aliphatic carboxylic acids is 1. The largest absolute Gasteiger partial charge is 0.490 e. The van der Waals surface area contributed by atoms with E-state index >= 15 is 0 Å². The molecule has 1 unspecified atom stereocenters. The summed E-state index contributed by atoms with van der Waals surface area (Å²) in [7, 11) is 0. The molecule has 0 saturated carbocycles. The Balaban J connectivity index is 2.14. The zero-order valence-electron chi connectivity index (χ0n) is 17.5. The van der Waals surface area contributed by atoms with Gasteiger partial charge in [0.05, 0.1) is 11.1 Å². The average Bonchev–Trinajstić information content (AvgIpc) is 2.64. The monoisotopic (exact) mass is 463 g/mol. The van der Waals surface area contributed by atoms with Crippen LogP contribution in [0.2, 0.25) is 0 Å². The second-order valence-corrected chi connectivity index (χ2v) is 8.37. The highest BCUT2D eigenvalue weighted by Crippen LogP contribution is 2.37. The van der Waals surface area contributed by atoms with Crippen molar-refractivity contribution in [2.24, 2.45) is 5.92 Å². The highest BCUT2D eigenvalue weighted by molar-refractivity contribution is 9.10. The first-order valence-electron chi connectivity index (χ1n) is 9.89. The van der Waals surface area contributed by atoms with Crippen LogP contribution < -0.4 is 14.8 Å². The Labute approximate surface area is 181 Å². The number of nitrogens with one attached hydrogen (secondary N) is 1. The van der Waals surface area contributed by atoms with E-state index in [2.05, 4.69) is 40.3 Å². The van der Waals surface area contributed by atoms with Crippen molar-refractivity contribution in [1.82, 2.24) is 5.32 Å². The minimum atomic E-state index is -0.832. The quantitative estimate of drug-likeness (QED) is 0.471. The number of hydrogen-bond acceptors (Lipinski definition) is 4. The molecule has 0 spiro atoms. The van der Waals surface area contributed by atoms with E-state index in [1.807, 2.05) is 45.0 Å². The molecule has 0 amide bonds. The lowest BCUT2D eigenvalue weighted by atomic mass is 10.0. The van der Waals surface area contributed by atoms with E-state index in [0.717, 1.165) is 15.6 Å². The molecule has 2 N–H and O–H groups in total. The Kier molecular flexibility index (Phi) is 8.99. The van der Waals surface area contributed by atoms with Gasteiger partial charge in [-0.2, -0.15) is 0 Å². The molecule has 1 atom stereocenters. The van der Waals surface area contributed by atoms with Gasteiger partial charge >= 0.3 is 5.97 Å². The molecule has 158 valence electrons. The highest BCUT2D eigenvalue weighted by Gasteiger charge is 2.19. The topological polar surface area (TPSA) is 67.8 Å². The van der Waals surface area contributed by atoms with Gasteiger partial charge < -0.3 is 19.9 Å². The van der Waals surface area contributed by atoms with Crippen molar-refractivity contribution < 1.29 is 19.4 Å². The van der Waals surface area contributed by atoms with Crippen LogP contribution in [-0.2, 0) is 17.9 Å². The molecule has 2 aromatic carbocycles. The first-order chi connectivity index (χ1) is 13.8. The number of aryl methyl sites for hydroxylation is 1. The fourth-order valence-electron chi connectivity index (χ4n) is 3.07. The van der Waals surface area contributed by atoms with Gasteiger partial charge in [-0.25, -0.2) is 0 Å². The molecule has 29 heavy (non-hydrogen) atoms. The van der Waals surface area contributed by atoms with Gasteiger partial charge in [0.2, 0.25) is 0 Å². The van der Waals surface area contributed by atoms with Crippen LogP contribution in [0.3, 0.4) is 0 Å². The molecule has 0 aliphatic rings. The molecule has 0 aliphatic carbocycles. The summed E-state index contributed by atoms with van der Waals surface area (Å²) in [5.41, 5.74) is 3.20. The lowest BCUT2D eigenvalue weighted by molar-refractivity contribution is -0.140. The summed E-state index contributed by atoms with van der Waals surface area (Å²) >= 11 is 3.58. The Morgan fingerprint density at radius 1 is 1.17 bits per heavy atom. The van der Waals surface area contributed by atoms with Gasteiger partial charge in [0.15, 0.2) is 11.5 Å². The Bertz CT molecular complexity index is 823. The fraction of sp³-hybridized carbons (Fsp3) is 0.435. The molecule has 0 aliphatic heterocycles. The SMILES string of the molecule is CCOc1cc(CNC(CC(C)C)C(=O)O)cc(Br)c1OCc1cccc(C)c1. The number of rotatable bonds is 11. The molecule has 2 aromatic rings. The van der Waals surface area contributed by atoms with E-state index in [9.17, 15) is 9.90 Å². The van der Waals surface area contributed by atoms with E-state index in [1.165, 1.54) is 5.56 Å². The number of ether oxygens (including phenoxy) is 2. The summed E-state index contributed by atoms with van der Waals surface area (Å²) in [5, 5.41) is 12.5. The molecular weight excluding hydrogens is 434 g/mol. The molecule has 0 saturated heterocycles. The van der Waals surface area contributed by atoms with Crippen molar-refractivity contribution in [2.75, 3.05) is 6.61 Å². The average molecular weight is 464 g/mol. The van der Waals surface area contributed by atoms with Crippen LogP contribution in [0.4, 0.5) is 0 Å². The van der Waals surface area contributed by atoms with Gasteiger partial charge in [-0.3, -0.25) is 4.79 Å². The number of benzene rings is 2. The van der Waals surface area contributed by atoms with E-state index in [1.54, 1.807) is 0 Å². The normalized spacial score (nSPS) is 12.1. The highest BCUT2D eigenvalue weighted by atomic mass is 79.9. The number of halogens is 1. The predicted octanol–water partition coefficient (Wildman–Crippen LogP) is 5.32. The first kappa shape index (κ1) is 23.2. The minimum Gasteiger partial charge on any atom is -0.490 e. The second-order valence-electron chi connectivity index (χ2n) is 7.52. The molecule has 0 aromatic heterocycles. The van der Waals surface area contributed by atoms with Crippen LogP contribution in [0, 0.1) is 12.8 Å². The van der Waals surface area contributed by atoms with Gasteiger partial charge in [0.25, 0.3) is 0 Å². The van der Waals surface area contributed by atoms with E-state index in [4.69, 9.17) is 9.47 Å². The van der Waals surface area contributed by atoms with Gasteiger partial charge in [0.1, 0.15) is 12.6 Å². The lowest BCUT2D eigenvalue weighted by Crippen LogP contribution is -2.37. The van der Waals surface area contributed by atoms with E-state index in [-0.39, 0.29) is 0 Å². The lowest BCUT2D eigenvalue weighted by Gasteiger charge is -2.18. The van der Waals surface area contributed by atoms with E-state index < -0.39 is 12.0 Å². The van der Waals surface area contributed by atoms with Gasteiger partial charge in [-0.15, -0.1) is 0 Å². The fourth-order valence-corrected chi connectivity index (χ4v) is 3.67. The third-order valence-corrected chi connectivity index (χ3v) is 4.98. The first-order valence-corrected chi connectivity index (χ1v) is 10.7. The number of carbonyl (C=O) groups is 1. The van der Waals surface area contributed by atoms with Gasteiger partial charge in [-0.05, 0) is 65.4 Å². The summed E-state index contributed by atoms with van der Waals surface area (Å²) in [4.78, 5) is 11.5. The van der Waals surface area contributed by atoms with Gasteiger partial charge in [-0.1, -0.05) is 43.7 Å². The Morgan fingerprint density at radius 3 is 2.55 bits per heavy atom. The van der Waals surface area contributed by atoms with Gasteiger partial charge in [0, 0.05) is 6.54 Å². The van der Waals surface area contributed by atoms with Crippen molar-refractivity contribution >= 4 is 21.9 Å². The molecule has 0 bridgehead atoms. The van der Waals surface area contributed by atoms with Crippen LogP contribution in [0.15, 0.2) is 40.9 Å². The van der Waals surface area contributed by atoms with Crippen LogP contribution >= 0.6 is 15.9 Å². The Morgan fingerprint density at radius 2 is 1.93 bits per heavy atom. The van der Waals surface area contributed by atoms with Crippen LogP contribution in [0.5, 0.6) is 11.5 Å². The molecule has 0 heterocycles. The zero-order valence-corrected chi connectivity index (χ0v) is 19.1. The molecule has 0 radical (unpaired) electrons. The number of hydrogen-bond donors (Lipinski definition) is 2. The minimum absolute atomic E-state index is 0.298. The molecular formula is C23H30BrNO4. The number of carboxylic acid groups (broad SMARTS) is 1. The smallest absolute Gasteiger partial charge is 0.320 e. The molecule has 0 fully saturated rings. The zero-order chi connectivity index (χ0) is 21.4. The summed E-state index contributed by atoms with van der Waals surface area (Å²) in [6, 6.07) is 11.4. The van der Waals surface area contributed by atoms with Crippen molar-refractivity contribution in [3.8, 4) is 11.5 Å². The maximum Gasteiger partial charge on any atom is 0.320 e.